The van der Waals surface area contributed by atoms with E-state index in [9.17, 15) is 4.79 Å². The van der Waals surface area contributed by atoms with Crippen LogP contribution in [0, 0.1) is 0 Å². The highest BCUT2D eigenvalue weighted by Gasteiger charge is 2.54. The van der Waals surface area contributed by atoms with E-state index in [0.717, 1.165) is 26.1 Å². The van der Waals surface area contributed by atoms with Crippen molar-refractivity contribution in [3.05, 3.63) is 0 Å². The molecule has 2 saturated heterocycles. The molecule has 12 heavy (non-hydrogen) atoms. The summed E-state index contributed by atoms with van der Waals surface area (Å²) in [6.07, 6.45) is 0.959. The summed E-state index contributed by atoms with van der Waals surface area (Å²) in [5.74, 6) is 0. The van der Waals surface area contributed by atoms with Crippen LogP contribution < -0.4 is 0 Å². The lowest BCUT2D eigenvalue weighted by atomic mass is 9.78. The van der Waals surface area contributed by atoms with Crippen LogP contribution in [-0.2, 0) is 4.74 Å². The minimum atomic E-state index is -0.172. The van der Waals surface area contributed by atoms with Gasteiger partial charge in [0, 0.05) is 19.6 Å². The van der Waals surface area contributed by atoms with E-state index in [2.05, 4.69) is 16.7 Å². The fourth-order valence-corrected chi connectivity index (χ4v) is 2.22. The normalized spacial score (nSPS) is 26.3. The molecule has 0 aliphatic carbocycles. The Balaban J connectivity index is 1.98. The molecule has 1 spiro atoms. The third-order valence-electron chi connectivity index (χ3n) is 2.90. The monoisotopic (exact) mass is 170 g/mol. The van der Waals surface area contributed by atoms with Crippen molar-refractivity contribution in [2.24, 2.45) is 0 Å². The van der Waals surface area contributed by atoms with Gasteiger partial charge < -0.3 is 9.64 Å². The first-order valence-corrected chi connectivity index (χ1v) is 4.22. The molecule has 1 amide bonds. The van der Waals surface area contributed by atoms with Crippen LogP contribution in [-0.4, -0.2) is 55.2 Å². The summed E-state index contributed by atoms with van der Waals surface area (Å²) >= 11 is 0. The Kier molecular flexibility index (Phi) is 1.54. The number of likely N-dealkylation sites (N-methyl/N-ethyl adjacent to an activating group) is 1. The van der Waals surface area contributed by atoms with Crippen LogP contribution in [0.15, 0.2) is 0 Å². The number of carbonyl (C=O) groups excluding carboxylic acids is 1. The van der Waals surface area contributed by atoms with Crippen molar-refractivity contribution in [3.63, 3.8) is 0 Å². The molecular weight excluding hydrogens is 156 g/mol. The Morgan fingerprint density at radius 1 is 1.50 bits per heavy atom. The predicted octanol–water partition coefficient (Wildman–Crippen LogP) is 0.143. The van der Waals surface area contributed by atoms with Crippen molar-refractivity contribution < 1.29 is 9.53 Å². The Labute approximate surface area is 72.1 Å². The molecule has 0 atom stereocenters. The first-order valence-electron chi connectivity index (χ1n) is 4.22. The number of rotatable bonds is 0. The number of likely N-dealkylation sites (tertiary alicyclic amines) is 2. The Morgan fingerprint density at radius 3 is 2.50 bits per heavy atom. The quantitative estimate of drug-likeness (QED) is 0.518. The molecule has 4 nitrogen and oxygen atoms in total. The minimum Gasteiger partial charge on any atom is -0.453 e. The summed E-state index contributed by atoms with van der Waals surface area (Å²) in [4.78, 5) is 15.3. The van der Waals surface area contributed by atoms with E-state index < -0.39 is 0 Å². The van der Waals surface area contributed by atoms with E-state index in [1.54, 1.807) is 0 Å². The number of nitrogens with zero attached hydrogens (tertiary/aromatic N) is 2. The van der Waals surface area contributed by atoms with Gasteiger partial charge in [-0.3, -0.25) is 4.90 Å². The predicted molar refractivity (Wildman–Crippen MR) is 44.0 cm³/mol. The number of carbonyl (C=O) groups is 1. The molecule has 0 aromatic rings. The van der Waals surface area contributed by atoms with Crippen LogP contribution in [0.5, 0.6) is 0 Å². The molecule has 4 heteroatoms. The van der Waals surface area contributed by atoms with Gasteiger partial charge in [0.05, 0.1) is 12.6 Å². The van der Waals surface area contributed by atoms with Gasteiger partial charge >= 0.3 is 6.09 Å². The Morgan fingerprint density at radius 2 is 2.17 bits per heavy atom. The second-order valence-electron chi connectivity index (χ2n) is 3.77. The van der Waals surface area contributed by atoms with Crippen molar-refractivity contribution in [1.29, 1.82) is 0 Å². The van der Waals surface area contributed by atoms with E-state index in [1.807, 2.05) is 4.90 Å². The number of methoxy groups -OCH3 is 1. The van der Waals surface area contributed by atoms with Gasteiger partial charge in [-0.2, -0.15) is 0 Å². The SMILES string of the molecule is COC(=O)N1CCC12CN(C)C2. The summed E-state index contributed by atoms with van der Waals surface area (Å²) in [7, 11) is 3.51. The van der Waals surface area contributed by atoms with E-state index in [-0.39, 0.29) is 11.6 Å². The summed E-state index contributed by atoms with van der Waals surface area (Å²) < 4.78 is 4.69. The summed E-state index contributed by atoms with van der Waals surface area (Å²) in [5.41, 5.74) is 0.141. The second-order valence-corrected chi connectivity index (χ2v) is 3.77. The van der Waals surface area contributed by atoms with Crippen LogP contribution in [0.1, 0.15) is 6.42 Å². The van der Waals surface area contributed by atoms with E-state index in [4.69, 9.17) is 0 Å². The van der Waals surface area contributed by atoms with Gasteiger partial charge in [-0.15, -0.1) is 0 Å². The topological polar surface area (TPSA) is 32.8 Å². The highest BCUT2D eigenvalue weighted by molar-refractivity contribution is 5.70. The van der Waals surface area contributed by atoms with Crippen LogP contribution in [0.2, 0.25) is 0 Å². The largest absolute Gasteiger partial charge is 0.453 e. The van der Waals surface area contributed by atoms with E-state index >= 15 is 0 Å². The molecule has 2 aliphatic heterocycles. The van der Waals surface area contributed by atoms with E-state index in [1.165, 1.54) is 7.11 Å². The van der Waals surface area contributed by atoms with Crippen molar-refractivity contribution in [1.82, 2.24) is 9.80 Å². The number of ether oxygens (including phenoxy) is 1. The average Bonchev–Trinajstić information content (AvgIpc) is 1.95. The fraction of sp³-hybridized carbons (Fsp3) is 0.875. The lowest BCUT2D eigenvalue weighted by molar-refractivity contribution is -0.0966. The number of amides is 1. The molecule has 68 valence electrons. The van der Waals surface area contributed by atoms with Crippen LogP contribution in [0.25, 0.3) is 0 Å². The zero-order valence-electron chi connectivity index (χ0n) is 7.54. The van der Waals surface area contributed by atoms with Crippen LogP contribution in [0.4, 0.5) is 4.79 Å². The van der Waals surface area contributed by atoms with Crippen molar-refractivity contribution in [2.75, 3.05) is 33.8 Å². The maximum Gasteiger partial charge on any atom is 0.410 e. The third-order valence-corrected chi connectivity index (χ3v) is 2.90. The van der Waals surface area contributed by atoms with Crippen LogP contribution in [0.3, 0.4) is 0 Å². The summed E-state index contributed by atoms with van der Waals surface area (Å²) in [6, 6.07) is 0. The molecule has 0 aromatic carbocycles. The molecule has 2 rings (SSSR count). The molecule has 2 heterocycles. The summed E-state index contributed by atoms with van der Waals surface area (Å²) in [6.45, 7) is 2.87. The van der Waals surface area contributed by atoms with Crippen LogP contribution >= 0.6 is 0 Å². The smallest absolute Gasteiger partial charge is 0.410 e. The minimum absolute atomic E-state index is 0.141. The van der Waals surface area contributed by atoms with Gasteiger partial charge in [-0.25, -0.2) is 4.79 Å². The Bertz CT molecular complexity index is 211. The zero-order valence-corrected chi connectivity index (χ0v) is 7.54. The van der Waals surface area contributed by atoms with Gasteiger partial charge in [0.2, 0.25) is 0 Å². The molecule has 0 bridgehead atoms. The molecule has 2 aliphatic rings. The highest BCUT2D eigenvalue weighted by Crippen LogP contribution is 2.38. The first-order chi connectivity index (χ1) is 5.68. The van der Waals surface area contributed by atoms with Crippen molar-refractivity contribution >= 4 is 6.09 Å². The third kappa shape index (κ3) is 0.843. The highest BCUT2D eigenvalue weighted by atomic mass is 16.5. The van der Waals surface area contributed by atoms with Gasteiger partial charge in [-0.05, 0) is 13.5 Å². The maximum atomic E-state index is 11.2. The number of hydrogen-bond acceptors (Lipinski definition) is 3. The number of hydrogen-bond donors (Lipinski definition) is 0. The average molecular weight is 170 g/mol. The van der Waals surface area contributed by atoms with Gasteiger partial charge in [0.15, 0.2) is 0 Å². The van der Waals surface area contributed by atoms with Crippen molar-refractivity contribution in [2.45, 2.75) is 12.0 Å². The molecule has 2 fully saturated rings. The lowest BCUT2D eigenvalue weighted by Crippen LogP contribution is -2.76. The van der Waals surface area contributed by atoms with Gasteiger partial charge in [0.1, 0.15) is 0 Å². The first kappa shape index (κ1) is 7.86. The van der Waals surface area contributed by atoms with Crippen molar-refractivity contribution in [3.8, 4) is 0 Å². The molecule has 0 saturated carbocycles. The Hall–Kier alpha value is -0.770. The zero-order chi connectivity index (χ0) is 8.77. The standard InChI is InChI=1S/C8H14N2O2/c1-9-5-8(6-9)3-4-10(8)7(11)12-2/h3-6H2,1-2H3. The molecule has 0 unspecified atom stereocenters. The molecule has 0 N–H and O–H groups in total. The molecule has 0 radical (unpaired) electrons. The lowest BCUT2D eigenvalue weighted by Gasteiger charge is -2.60. The van der Waals surface area contributed by atoms with E-state index in [0.29, 0.717) is 0 Å². The van der Waals surface area contributed by atoms with Gasteiger partial charge in [-0.1, -0.05) is 0 Å². The molecular formula is C8H14N2O2. The van der Waals surface area contributed by atoms with Gasteiger partial charge in [0.25, 0.3) is 0 Å². The molecule has 0 aromatic heterocycles. The fourth-order valence-electron chi connectivity index (χ4n) is 2.22. The second kappa shape index (κ2) is 2.36. The maximum absolute atomic E-state index is 11.2. The summed E-state index contributed by atoms with van der Waals surface area (Å²) in [5, 5.41) is 0.